The zero-order valence-corrected chi connectivity index (χ0v) is 23.7. The third-order valence-electron chi connectivity index (χ3n) is 6.60. The molecule has 0 aliphatic carbocycles. The van der Waals surface area contributed by atoms with E-state index in [0.29, 0.717) is 6.61 Å². The number of azide groups is 1. The fraction of sp³-hybridized carbons (Fsp3) is 0.273. The molecule has 0 aromatic heterocycles. The van der Waals surface area contributed by atoms with Gasteiger partial charge in [0.25, 0.3) is 0 Å². The van der Waals surface area contributed by atoms with Gasteiger partial charge in [-0.3, -0.25) is 0 Å². The standard InChI is InChI=1S/C33H34N6O4/c34-38-36-33(37-39-35)32(43-24-29-19-11-4-12-20-29)31(42-23-28-17-9-3-10-18-28)30(41-22-27-15-7-2-8-16-27)25-40-21-26-13-5-1-6-14-26/h1-20,30-33H,21-25H2/t30-,31-,32-/m1/s1. The van der Waals surface area contributed by atoms with Gasteiger partial charge in [0.2, 0.25) is 0 Å². The molecule has 43 heavy (non-hydrogen) atoms. The van der Waals surface area contributed by atoms with Gasteiger partial charge in [0.1, 0.15) is 24.5 Å². The van der Waals surface area contributed by atoms with E-state index in [1.165, 1.54) is 0 Å². The van der Waals surface area contributed by atoms with Crippen molar-refractivity contribution in [3.63, 3.8) is 0 Å². The molecule has 0 radical (unpaired) electrons. The molecule has 0 aliphatic heterocycles. The Morgan fingerprint density at radius 1 is 0.488 bits per heavy atom. The van der Waals surface area contributed by atoms with E-state index in [2.05, 4.69) is 20.1 Å². The lowest BCUT2D eigenvalue weighted by Crippen LogP contribution is -2.49. The zero-order valence-electron chi connectivity index (χ0n) is 23.7. The van der Waals surface area contributed by atoms with E-state index in [4.69, 9.17) is 18.9 Å². The maximum absolute atomic E-state index is 9.37. The van der Waals surface area contributed by atoms with Crippen molar-refractivity contribution < 1.29 is 18.9 Å². The van der Waals surface area contributed by atoms with Crippen LogP contribution >= 0.6 is 0 Å². The summed E-state index contributed by atoms with van der Waals surface area (Å²) in [6.07, 6.45) is -3.81. The summed E-state index contributed by atoms with van der Waals surface area (Å²) in [5.74, 6) is 0. The number of benzene rings is 4. The lowest BCUT2D eigenvalue weighted by atomic mass is 10.0. The minimum atomic E-state index is -1.25. The number of rotatable bonds is 18. The van der Waals surface area contributed by atoms with E-state index in [1.807, 2.05) is 121 Å². The Hall–Kier alpha value is -4.66. The van der Waals surface area contributed by atoms with Gasteiger partial charge >= 0.3 is 0 Å². The Morgan fingerprint density at radius 2 is 0.860 bits per heavy atom. The first-order chi connectivity index (χ1) is 21.3. The predicted octanol–water partition coefficient (Wildman–Crippen LogP) is 7.91. The maximum atomic E-state index is 9.37. The molecule has 0 spiro atoms. The van der Waals surface area contributed by atoms with Gasteiger partial charge in [-0.05, 0) is 33.3 Å². The first-order valence-corrected chi connectivity index (χ1v) is 13.9. The largest absolute Gasteiger partial charge is 0.374 e. The average Bonchev–Trinajstić information content (AvgIpc) is 3.06. The highest BCUT2D eigenvalue weighted by Gasteiger charge is 2.37. The van der Waals surface area contributed by atoms with Gasteiger partial charge < -0.3 is 18.9 Å². The molecule has 4 aromatic carbocycles. The lowest BCUT2D eigenvalue weighted by molar-refractivity contribution is -0.172. The van der Waals surface area contributed by atoms with Gasteiger partial charge in [-0.2, -0.15) is 0 Å². The van der Waals surface area contributed by atoms with E-state index >= 15 is 0 Å². The third-order valence-corrected chi connectivity index (χ3v) is 6.60. The van der Waals surface area contributed by atoms with Crippen molar-refractivity contribution in [2.75, 3.05) is 6.61 Å². The van der Waals surface area contributed by atoms with Gasteiger partial charge in [0.15, 0.2) is 0 Å². The summed E-state index contributed by atoms with van der Waals surface area (Å²) >= 11 is 0. The van der Waals surface area contributed by atoms with Crippen LogP contribution < -0.4 is 0 Å². The van der Waals surface area contributed by atoms with E-state index in [1.54, 1.807) is 0 Å². The second-order valence-corrected chi connectivity index (χ2v) is 9.68. The van der Waals surface area contributed by atoms with Crippen LogP contribution in [0, 0.1) is 0 Å². The first kappa shape index (κ1) is 31.3. The highest BCUT2D eigenvalue weighted by atomic mass is 16.6. The molecule has 0 unspecified atom stereocenters. The SMILES string of the molecule is [N-]=[N+]=NC(N=[N+]=[N-])[C@H](OCc1ccccc1)[C@H](OCc1ccccc1)[C@@H](COCc1ccccc1)OCc1ccccc1. The monoisotopic (exact) mass is 578 g/mol. The molecule has 0 bridgehead atoms. The maximum Gasteiger partial charge on any atom is 0.144 e. The first-order valence-electron chi connectivity index (χ1n) is 13.9. The zero-order chi connectivity index (χ0) is 30.0. The second-order valence-electron chi connectivity index (χ2n) is 9.68. The van der Waals surface area contributed by atoms with Crippen LogP contribution in [0.5, 0.6) is 0 Å². The Labute approximate surface area is 251 Å². The summed E-state index contributed by atoms with van der Waals surface area (Å²) in [6, 6.07) is 38.8. The number of ether oxygens (including phenoxy) is 4. The average molecular weight is 579 g/mol. The topological polar surface area (TPSA) is 134 Å². The molecule has 0 saturated heterocycles. The fourth-order valence-electron chi connectivity index (χ4n) is 4.44. The molecule has 0 amide bonds. The number of hydrogen-bond acceptors (Lipinski definition) is 6. The molecule has 0 heterocycles. The predicted molar refractivity (Wildman–Crippen MR) is 163 cm³/mol. The summed E-state index contributed by atoms with van der Waals surface area (Å²) in [5.41, 5.74) is 22.5. The van der Waals surface area contributed by atoms with Gasteiger partial charge in [-0.1, -0.05) is 132 Å². The Morgan fingerprint density at radius 3 is 1.28 bits per heavy atom. The molecule has 0 N–H and O–H groups in total. The van der Waals surface area contributed by atoms with Crippen LogP contribution in [-0.2, 0) is 45.4 Å². The van der Waals surface area contributed by atoms with Crippen LogP contribution in [0.15, 0.2) is 132 Å². The molecule has 0 saturated carbocycles. The van der Waals surface area contributed by atoms with Crippen molar-refractivity contribution in [1.29, 1.82) is 0 Å². The molecular formula is C33H34N6O4. The van der Waals surface area contributed by atoms with Gasteiger partial charge in [0, 0.05) is 9.82 Å². The van der Waals surface area contributed by atoms with Crippen molar-refractivity contribution in [1.82, 2.24) is 0 Å². The smallest absolute Gasteiger partial charge is 0.144 e. The molecule has 10 heteroatoms. The van der Waals surface area contributed by atoms with Gasteiger partial charge in [-0.15, -0.1) is 0 Å². The molecule has 0 aliphatic rings. The van der Waals surface area contributed by atoms with Crippen molar-refractivity contribution in [3.8, 4) is 0 Å². The van der Waals surface area contributed by atoms with E-state index in [9.17, 15) is 11.1 Å². The van der Waals surface area contributed by atoms with E-state index in [0.717, 1.165) is 22.3 Å². The Bertz CT molecular complexity index is 1420. The molecule has 0 fully saturated rings. The van der Waals surface area contributed by atoms with Gasteiger partial charge in [-0.25, -0.2) is 0 Å². The summed E-state index contributed by atoms with van der Waals surface area (Å²) in [7, 11) is 0. The number of nitrogens with zero attached hydrogens (tertiary/aromatic N) is 6. The summed E-state index contributed by atoms with van der Waals surface area (Å²) in [5, 5.41) is 7.58. The molecule has 3 atom stereocenters. The molecule has 4 aromatic rings. The highest BCUT2D eigenvalue weighted by molar-refractivity contribution is 5.16. The van der Waals surface area contributed by atoms with Crippen molar-refractivity contribution >= 4 is 0 Å². The van der Waals surface area contributed by atoms with Crippen LogP contribution in [0.1, 0.15) is 22.3 Å². The second kappa shape index (κ2) is 18.0. The molecule has 220 valence electrons. The van der Waals surface area contributed by atoms with Crippen LogP contribution in [-0.4, -0.2) is 31.1 Å². The van der Waals surface area contributed by atoms with Crippen LogP contribution in [0.2, 0.25) is 0 Å². The molecule has 10 nitrogen and oxygen atoms in total. The third kappa shape index (κ3) is 10.6. The molecule has 4 rings (SSSR count). The van der Waals surface area contributed by atoms with Gasteiger partial charge in [0.05, 0.1) is 33.0 Å². The fourth-order valence-corrected chi connectivity index (χ4v) is 4.44. The Balaban J connectivity index is 1.67. The van der Waals surface area contributed by atoms with Crippen molar-refractivity contribution in [2.24, 2.45) is 10.2 Å². The minimum absolute atomic E-state index is 0.131. The normalized spacial score (nSPS) is 13.6. The quantitative estimate of drug-likeness (QED) is 0.0673. The lowest BCUT2D eigenvalue weighted by Gasteiger charge is -2.35. The van der Waals surface area contributed by atoms with Crippen LogP contribution in [0.3, 0.4) is 0 Å². The summed E-state index contributed by atoms with van der Waals surface area (Å²) in [4.78, 5) is 5.88. The van der Waals surface area contributed by atoms with Crippen molar-refractivity contribution in [3.05, 3.63) is 164 Å². The number of hydrogen-bond donors (Lipinski definition) is 0. The van der Waals surface area contributed by atoms with Crippen LogP contribution in [0.4, 0.5) is 0 Å². The van der Waals surface area contributed by atoms with E-state index < -0.39 is 24.5 Å². The van der Waals surface area contributed by atoms with Crippen LogP contribution in [0.25, 0.3) is 20.9 Å². The minimum Gasteiger partial charge on any atom is -0.374 e. The Kier molecular flexibility index (Phi) is 13.1. The summed E-state index contributed by atoms with van der Waals surface area (Å²) in [6.45, 7) is 1.12. The molecular weight excluding hydrogens is 544 g/mol. The summed E-state index contributed by atoms with van der Waals surface area (Å²) < 4.78 is 25.5. The van der Waals surface area contributed by atoms with Crippen molar-refractivity contribution in [2.45, 2.75) is 50.9 Å². The van der Waals surface area contributed by atoms with E-state index in [-0.39, 0.29) is 26.4 Å². The highest BCUT2D eigenvalue weighted by Crippen LogP contribution is 2.24.